The maximum atomic E-state index is 10.2. The summed E-state index contributed by atoms with van der Waals surface area (Å²) in [5, 5.41) is 14.1. The van der Waals surface area contributed by atoms with Crippen molar-refractivity contribution in [2.75, 3.05) is 13.1 Å². The van der Waals surface area contributed by atoms with Gasteiger partial charge in [0, 0.05) is 19.5 Å². The zero-order valence-electron chi connectivity index (χ0n) is 10.2. The largest absolute Gasteiger partial charge is 0.387 e. The van der Waals surface area contributed by atoms with Crippen LogP contribution >= 0.6 is 0 Å². The Labute approximate surface area is 101 Å². The summed E-state index contributed by atoms with van der Waals surface area (Å²) in [6.07, 6.45) is 4.27. The van der Waals surface area contributed by atoms with Crippen molar-refractivity contribution in [3.05, 3.63) is 11.7 Å². The highest BCUT2D eigenvalue weighted by Gasteiger charge is 2.51. The van der Waals surface area contributed by atoms with Crippen LogP contribution in [0.4, 0.5) is 0 Å². The molecule has 0 aromatic carbocycles. The molecule has 1 saturated carbocycles. The second kappa shape index (κ2) is 4.07. The summed E-state index contributed by atoms with van der Waals surface area (Å²) < 4.78 is 5.18. The molecule has 2 heterocycles. The molecule has 0 radical (unpaired) electrons. The van der Waals surface area contributed by atoms with Crippen molar-refractivity contribution in [1.29, 1.82) is 0 Å². The van der Waals surface area contributed by atoms with Gasteiger partial charge in [-0.15, -0.1) is 0 Å². The van der Waals surface area contributed by atoms with Crippen LogP contribution in [0.5, 0.6) is 0 Å². The van der Waals surface area contributed by atoms with E-state index in [2.05, 4.69) is 22.0 Å². The maximum Gasteiger partial charge on any atom is 0.240 e. The lowest BCUT2D eigenvalue weighted by atomic mass is 9.89. The monoisotopic (exact) mass is 237 g/mol. The van der Waals surface area contributed by atoms with Gasteiger partial charge in [-0.05, 0) is 25.2 Å². The van der Waals surface area contributed by atoms with Crippen molar-refractivity contribution in [3.8, 4) is 0 Å². The molecule has 0 bridgehead atoms. The van der Waals surface area contributed by atoms with Crippen LogP contribution in [-0.4, -0.2) is 38.8 Å². The van der Waals surface area contributed by atoms with Gasteiger partial charge >= 0.3 is 0 Å². The molecule has 3 rings (SSSR count). The van der Waals surface area contributed by atoms with E-state index in [4.69, 9.17) is 4.52 Å². The number of hydrogen-bond donors (Lipinski definition) is 1. The van der Waals surface area contributed by atoms with E-state index in [-0.39, 0.29) is 0 Å². The van der Waals surface area contributed by atoms with E-state index in [0.29, 0.717) is 18.4 Å². The maximum absolute atomic E-state index is 10.2. The third-order valence-electron chi connectivity index (χ3n) is 3.67. The fourth-order valence-corrected chi connectivity index (χ4v) is 2.59. The van der Waals surface area contributed by atoms with E-state index in [9.17, 15) is 5.11 Å². The first-order valence-corrected chi connectivity index (χ1v) is 6.46. The van der Waals surface area contributed by atoms with Crippen LogP contribution in [0.3, 0.4) is 0 Å². The van der Waals surface area contributed by atoms with E-state index in [1.807, 2.05) is 0 Å². The number of β-amino-alcohol motifs (C(OH)–C–C–N with tert-alkyl or cyclic N) is 1. The number of aliphatic hydroxyl groups is 1. The molecule has 0 spiro atoms. The fraction of sp³-hybridized carbons (Fsp3) is 0.833. The zero-order valence-corrected chi connectivity index (χ0v) is 10.2. The molecule has 0 unspecified atom stereocenters. The first-order chi connectivity index (χ1) is 8.19. The topological polar surface area (TPSA) is 62.4 Å². The molecule has 2 fully saturated rings. The number of likely N-dealkylation sites (tertiary alicyclic amines) is 1. The molecule has 1 aliphatic heterocycles. The van der Waals surface area contributed by atoms with Crippen LogP contribution in [0.25, 0.3) is 0 Å². The Morgan fingerprint density at radius 3 is 2.88 bits per heavy atom. The van der Waals surface area contributed by atoms with Crippen molar-refractivity contribution >= 4 is 0 Å². The van der Waals surface area contributed by atoms with Crippen LogP contribution < -0.4 is 0 Å². The molecule has 1 N–H and O–H groups in total. The number of aromatic nitrogens is 2. The van der Waals surface area contributed by atoms with Gasteiger partial charge in [-0.1, -0.05) is 12.1 Å². The Morgan fingerprint density at radius 1 is 1.47 bits per heavy atom. The third-order valence-corrected chi connectivity index (χ3v) is 3.67. The van der Waals surface area contributed by atoms with Gasteiger partial charge in [0.15, 0.2) is 5.82 Å². The molecule has 1 aromatic heterocycles. The van der Waals surface area contributed by atoms with Gasteiger partial charge in [-0.3, -0.25) is 4.90 Å². The average Bonchev–Trinajstić information content (AvgIpc) is 3.01. The predicted molar refractivity (Wildman–Crippen MR) is 61.2 cm³/mol. The first kappa shape index (κ1) is 11.2. The summed E-state index contributed by atoms with van der Waals surface area (Å²) in [5.74, 6) is 2.00. The fourth-order valence-electron chi connectivity index (χ4n) is 2.59. The number of hydrogen-bond acceptors (Lipinski definition) is 5. The molecule has 1 saturated heterocycles. The van der Waals surface area contributed by atoms with E-state index in [0.717, 1.165) is 31.8 Å². The summed E-state index contributed by atoms with van der Waals surface area (Å²) >= 11 is 0. The number of rotatable bonds is 5. The van der Waals surface area contributed by atoms with Crippen molar-refractivity contribution in [2.45, 2.75) is 44.8 Å². The summed E-state index contributed by atoms with van der Waals surface area (Å²) in [5.41, 5.74) is -0.424. The van der Waals surface area contributed by atoms with Gasteiger partial charge in [-0.2, -0.15) is 4.98 Å². The van der Waals surface area contributed by atoms with Gasteiger partial charge < -0.3 is 9.63 Å². The van der Waals surface area contributed by atoms with Crippen LogP contribution in [-0.2, 0) is 13.0 Å². The standard InChI is InChI=1S/C12H19N3O2/c1-2-3-10-13-11(17-14-10)6-15-7-12(16,8-15)9-4-5-9/h9,16H,2-8H2,1H3. The minimum atomic E-state index is -0.424. The van der Waals surface area contributed by atoms with Crippen molar-refractivity contribution in [1.82, 2.24) is 15.0 Å². The summed E-state index contributed by atoms with van der Waals surface area (Å²) in [6, 6.07) is 0. The third kappa shape index (κ3) is 2.21. The van der Waals surface area contributed by atoms with Crippen LogP contribution in [0.1, 0.15) is 37.9 Å². The van der Waals surface area contributed by atoms with Crippen molar-refractivity contribution in [2.24, 2.45) is 5.92 Å². The average molecular weight is 237 g/mol. The zero-order chi connectivity index (χ0) is 11.9. The lowest BCUT2D eigenvalue weighted by molar-refractivity contribution is -0.119. The number of aryl methyl sites for hydroxylation is 1. The van der Waals surface area contributed by atoms with Gasteiger partial charge in [0.1, 0.15) is 0 Å². The molecular weight excluding hydrogens is 218 g/mol. The molecule has 1 aliphatic carbocycles. The predicted octanol–water partition coefficient (Wildman–Crippen LogP) is 0.979. The highest BCUT2D eigenvalue weighted by atomic mass is 16.5. The number of nitrogens with zero attached hydrogens (tertiary/aromatic N) is 3. The molecule has 2 aliphatic rings. The molecule has 17 heavy (non-hydrogen) atoms. The molecule has 0 amide bonds. The summed E-state index contributed by atoms with van der Waals surface area (Å²) in [7, 11) is 0. The Balaban J connectivity index is 1.51. The second-order valence-electron chi connectivity index (χ2n) is 5.38. The quantitative estimate of drug-likeness (QED) is 0.827. The van der Waals surface area contributed by atoms with Gasteiger partial charge in [0.2, 0.25) is 5.89 Å². The van der Waals surface area contributed by atoms with E-state index in [1.165, 1.54) is 12.8 Å². The normalized spacial score (nSPS) is 23.6. The second-order valence-corrected chi connectivity index (χ2v) is 5.38. The Bertz CT molecular complexity index is 394. The molecular formula is C12H19N3O2. The molecule has 0 atom stereocenters. The van der Waals surface area contributed by atoms with Crippen LogP contribution in [0.2, 0.25) is 0 Å². The van der Waals surface area contributed by atoms with Gasteiger partial charge in [0.25, 0.3) is 0 Å². The van der Waals surface area contributed by atoms with E-state index in [1.54, 1.807) is 0 Å². The van der Waals surface area contributed by atoms with Crippen LogP contribution in [0, 0.1) is 5.92 Å². The Kier molecular flexibility index (Phi) is 2.67. The Morgan fingerprint density at radius 2 is 2.24 bits per heavy atom. The highest BCUT2D eigenvalue weighted by molar-refractivity contribution is 5.05. The smallest absolute Gasteiger partial charge is 0.240 e. The molecule has 1 aromatic rings. The van der Waals surface area contributed by atoms with Crippen molar-refractivity contribution < 1.29 is 9.63 Å². The molecule has 94 valence electrons. The van der Waals surface area contributed by atoms with Gasteiger partial charge in [0.05, 0.1) is 12.1 Å². The van der Waals surface area contributed by atoms with E-state index >= 15 is 0 Å². The summed E-state index contributed by atoms with van der Waals surface area (Å²) in [4.78, 5) is 6.50. The van der Waals surface area contributed by atoms with Crippen molar-refractivity contribution in [3.63, 3.8) is 0 Å². The highest BCUT2D eigenvalue weighted by Crippen LogP contribution is 2.44. The lowest BCUT2D eigenvalue weighted by Crippen LogP contribution is -2.62. The first-order valence-electron chi connectivity index (χ1n) is 6.46. The SMILES string of the molecule is CCCc1noc(CN2CC(O)(C3CC3)C2)n1. The summed E-state index contributed by atoms with van der Waals surface area (Å²) in [6.45, 7) is 4.28. The minimum Gasteiger partial charge on any atom is -0.387 e. The molecule has 5 heteroatoms. The van der Waals surface area contributed by atoms with Gasteiger partial charge in [-0.25, -0.2) is 0 Å². The molecule has 5 nitrogen and oxygen atoms in total. The minimum absolute atomic E-state index is 0.424. The Hall–Kier alpha value is -0.940. The lowest BCUT2D eigenvalue weighted by Gasteiger charge is -2.46. The van der Waals surface area contributed by atoms with E-state index < -0.39 is 5.60 Å². The van der Waals surface area contributed by atoms with Crippen LogP contribution in [0.15, 0.2) is 4.52 Å².